The number of rotatable bonds is 2. The summed E-state index contributed by atoms with van der Waals surface area (Å²) >= 11 is 0. The molecule has 2 aliphatic rings. The van der Waals surface area contributed by atoms with Crippen molar-refractivity contribution in [1.82, 2.24) is 10.2 Å². The normalized spacial score (nSPS) is 34.8. The molecule has 0 aromatic heterocycles. The maximum Gasteiger partial charge on any atom is 0.258 e. The van der Waals surface area contributed by atoms with E-state index in [1.165, 1.54) is 0 Å². The van der Waals surface area contributed by atoms with Gasteiger partial charge in [0, 0.05) is 31.0 Å². The SMILES string of the molecule is CC1(C)C(CN2CCCNCC2)C1(F)F. The molecule has 1 saturated heterocycles. The third kappa shape index (κ3) is 1.89. The Kier molecular flexibility index (Phi) is 2.75. The van der Waals surface area contributed by atoms with Crippen LogP contribution in [0.15, 0.2) is 0 Å². The zero-order valence-electron chi connectivity index (χ0n) is 9.52. The summed E-state index contributed by atoms with van der Waals surface area (Å²) in [5, 5.41) is 3.28. The molecule has 1 aliphatic carbocycles. The Morgan fingerprint density at radius 3 is 2.53 bits per heavy atom. The Labute approximate surface area is 90.0 Å². The highest BCUT2D eigenvalue weighted by atomic mass is 19.3. The van der Waals surface area contributed by atoms with Crippen molar-refractivity contribution < 1.29 is 8.78 Å². The van der Waals surface area contributed by atoms with Crippen LogP contribution in [0.5, 0.6) is 0 Å². The molecule has 1 N–H and O–H groups in total. The smallest absolute Gasteiger partial charge is 0.258 e. The maximum absolute atomic E-state index is 13.4. The largest absolute Gasteiger partial charge is 0.315 e. The van der Waals surface area contributed by atoms with E-state index in [1.807, 2.05) is 0 Å². The predicted molar refractivity (Wildman–Crippen MR) is 56.1 cm³/mol. The number of nitrogens with zero attached hydrogens (tertiary/aromatic N) is 1. The number of halogens is 2. The van der Waals surface area contributed by atoms with Gasteiger partial charge in [0.05, 0.1) is 0 Å². The standard InChI is InChI=1S/C11H20F2N2/c1-10(2)9(11(10,12)13)8-15-6-3-4-14-5-7-15/h9,14H,3-8H2,1-2H3. The van der Waals surface area contributed by atoms with Crippen LogP contribution < -0.4 is 5.32 Å². The van der Waals surface area contributed by atoms with Gasteiger partial charge in [0.15, 0.2) is 0 Å². The second kappa shape index (κ2) is 3.67. The monoisotopic (exact) mass is 218 g/mol. The van der Waals surface area contributed by atoms with E-state index in [2.05, 4.69) is 10.2 Å². The first kappa shape index (κ1) is 11.3. The van der Waals surface area contributed by atoms with Gasteiger partial charge in [-0.2, -0.15) is 0 Å². The zero-order valence-corrected chi connectivity index (χ0v) is 9.52. The van der Waals surface area contributed by atoms with Gasteiger partial charge in [-0.1, -0.05) is 13.8 Å². The van der Waals surface area contributed by atoms with Crippen LogP contribution in [0.3, 0.4) is 0 Å². The van der Waals surface area contributed by atoms with Gasteiger partial charge in [-0.25, -0.2) is 8.78 Å². The first-order chi connectivity index (χ1) is 6.96. The number of hydrogen-bond acceptors (Lipinski definition) is 2. The maximum atomic E-state index is 13.4. The number of nitrogens with one attached hydrogen (secondary N) is 1. The van der Waals surface area contributed by atoms with E-state index in [0.717, 1.165) is 32.6 Å². The van der Waals surface area contributed by atoms with Crippen LogP contribution in [0.2, 0.25) is 0 Å². The number of hydrogen-bond donors (Lipinski definition) is 1. The van der Waals surface area contributed by atoms with Crippen molar-refractivity contribution in [2.75, 3.05) is 32.7 Å². The zero-order chi connectivity index (χ0) is 11.1. The third-order valence-electron chi connectivity index (χ3n) is 3.96. The van der Waals surface area contributed by atoms with Crippen LogP contribution in [0.25, 0.3) is 0 Å². The minimum Gasteiger partial charge on any atom is -0.315 e. The molecule has 2 rings (SSSR count). The average Bonchev–Trinajstić information content (AvgIpc) is 2.68. The van der Waals surface area contributed by atoms with Gasteiger partial charge in [0.25, 0.3) is 5.92 Å². The molecule has 1 unspecified atom stereocenters. The van der Waals surface area contributed by atoms with Crippen molar-refractivity contribution in [3.8, 4) is 0 Å². The molecule has 0 aromatic rings. The molecule has 1 atom stereocenters. The lowest BCUT2D eigenvalue weighted by Gasteiger charge is -2.19. The van der Waals surface area contributed by atoms with Crippen LogP contribution in [-0.2, 0) is 0 Å². The molecule has 2 nitrogen and oxygen atoms in total. The second-order valence-corrected chi connectivity index (χ2v) is 5.30. The summed E-state index contributed by atoms with van der Waals surface area (Å²) < 4.78 is 26.8. The Balaban J connectivity index is 1.87. The van der Waals surface area contributed by atoms with Crippen molar-refractivity contribution in [2.24, 2.45) is 11.3 Å². The van der Waals surface area contributed by atoms with Gasteiger partial charge in [0.2, 0.25) is 0 Å². The van der Waals surface area contributed by atoms with Crippen molar-refractivity contribution in [2.45, 2.75) is 26.2 Å². The molecule has 0 radical (unpaired) electrons. The minimum atomic E-state index is -2.45. The molecule has 0 amide bonds. The summed E-state index contributed by atoms with van der Waals surface area (Å²) in [5.74, 6) is -2.89. The fourth-order valence-corrected chi connectivity index (χ4v) is 2.44. The van der Waals surface area contributed by atoms with Crippen LogP contribution in [0.1, 0.15) is 20.3 Å². The van der Waals surface area contributed by atoms with E-state index < -0.39 is 17.3 Å². The van der Waals surface area contributed by atoms with Crippen molar-refractivity contribution in [3.05, 3.63) is 0 Å². The van der Waals surface area contributed by atoms with E-state index in [-0.39, 0.29) is 0 Å². The minimum absolute atomic E-state index is 0.442. The molecular weight excluding hydrogens is 198 g/mol. The van der Waals surface area contributed by atoms with E-state index in [9.17, 15) is 8.78 Å². The Hall–Kier alpha value is -0.220. The molecule has 1 heterocycles. The highest BCUT2D eigenvalue weighted by molar-refractivity contribution is 5.13. The van der Waals surface area contributed by atoms with Gasteiger partial charge in [-0.15, -0.1) is 0 Å². The fourth-order valence-electron chi connectivity index (χ4n) is 2.44. The van der Waals surface area contributed by atoms with Gasteiger partial charge in [-0.3, -0.25) is 0 Å². The fraction of sp³-hybridized carbons (Fsp3) is 1.00. The predicted octanol–water partition coefficient (Wildman–Crippen LogP) is 1.57. The van der Waals surface area contributed by atoms with Crippen molar-refractivity contribution in [3.63, 3.8) is 0 Å². The molecule has 88 valence electrons. The Bertz CT molecular complexity index is 219. The lowest BCUT2D eigenvalue weighted by atomic mass is 10.1. The Morgan fingerprint density at radius 2 is 1.93 bits per heavy atom. The summed E-state index contributed by atoms with van der Waals surface area (Å²) in [7, 11) is 0. The van der Waals surface area contributed by atoms with E-state index in [0.29, 0.717) is 6.54 Å². The summed E-state index contributed by atoms with van der Waals surface area (Å²) in [4.78, 5) is 2.17. The molecule has 1 saturated carbocycles. The first-order valence-electron chi connectivity index (χ1n) is 5.77. The third-order valence-corrected chi connectivity index (χ3v) is 3.96. The number of alkyl halides is 2. The molecule has 0 bridgehead atoms. The Morgan fingerprint density at radius 1 is 1.27 bits per heavy atom. The van der Waals surface area contributed by atoms with Crippen molar-refractivity contribution in [1.29, 1.82) is 0 Å². The molecule has 0 spiro atoms. The van der Waals surface area contributed by atoms with Crippen molar-refractivity contribution >= 4 is 0 Å². The second-order valence-electron chi connectivity index (χ2n) is 5.30. The van der Waals surface area contributed by atoms with E-state index in [1.54, 1.807) is 13.8 Å². The molecule has 0 aromatic carbocycles. The molecule has 1 aliphatic heterocycles. The van der Waals surface area contributed by atoms with Crippen LogP contribution in [0.4, 0.5) is 8.78 Å². The van der Waals surface area contributed by atoms with E-state index >= 15 is 0 Å². The first-order valence-corrected chi connectivity index (χ1v) is 5.77. The topological polar surface area (TPSA) is 15.3 Å². The summed E-state index contributed by atoms with van der Waals surface area (Å²) in [6.45, 7) is 7.71. The average molecular weight is 218 g/mol. The van der Waals surface area contributed by atoms with Crippen LogP contribution in [-0.4, -0.2) is 43.5 Å². The summed E-state index contributed by atoms with van der Waals surface area (Å²) in [5.41, 5.74) is -0.785. The lowest BCUT2D eigenvalue weighted by molar-refractivity contribution is 0.0620. The highest BCUT2D eigenvalue weighted by Crippen LogP contribution is 2.65. The molecule has 2 fully saturated rings. The summed E-state index contributed by atoms with van der Waals surface area (Å²) in [6.07, 6.45) is 1.07. The van der Waals surface area contributed by atoms with Crippen LogP contribution in [0, 0.1) is 11.3 Å². The van der Waals surface area contributed by atoms with Gasteiger partial charge in [-0.05, 0) is 19.5 Å². The van der Waals surface area contributed by atoms with Gasteiger partial charge in [0.1, 0.15) is 0 Å². The summed E-state index contributed by atoms with van der Waals surface area (Å²) in [6, 6.07) is 0. The van der Waals surface area contributed by atoms with Gasteiger partial charge >= 0.3 is 0 Å². The quantitative estimate of drug-likeness (QED) is 0.757. The van der Waals surface area contributed by atoms with E-state index in [4.69, 9.17) is 0 Å². The lowest BCUT2D eigenvalue weighted by Crippen LogP contribution is -2.31. The molecular formula is C11H20F2N2. The highest BCUT2D eigenvalue weighted by Gasteiger charge is 2.74. The molecule has 4 heteroatoms. The van der Waals surface area contributed by atoms with Gasteiger partial charge < -0.3 is 10.2 Å². The van der Waals surface area contributed by atoms with Crippen LogP contribution >= 0.6 is 0 Å². The molecule has 15 heavy (non-hydrogen) atoms.